The van der Waals surface area contributed by atoms with Gasteiger partial charge in [0.05, 0.1) is 6.54 Å². The highest BCUT2D eigenvalue weighted by Gasteiger charge is 2.29. The minimum absolute atomic E-state index is 0. The Balaban J connectivity index is 0.00000784. The molecule has 1 aromatic heterocycles. The lowest BCUT2D eigenvalue weighted by molar-refractivity contribution is -0.154. The summed E-state index contributed by atoms with van der Waals surface area (Å²) in [5.41, 5.74) is 0.470. The first-order valence-corrected chi connectivity index (χ1v) is 9.51. The van der Waals surface area contributed by atoms with E-state index in [0.717, 1.165) is 6.42 Å². The Hall–Kier alpha value is -1.30. The molecule has 0 aliphatic rings. The van der Waals surface area contributed by atoms with E-state index < -0.39 is 12.8 Å². The number of ether oxygens (including phenoxy) is 1. The number of hydrogen-bond donors (Lipinski definition) is 3. The quantitative estimate of drug-likeness (QED) is 0.230. The Morgan fingerprint density at radius 2 is 2.03 bits per heavy atom. The van der Waals surface area contributed by atoms with Crippen molar-refractivity contribution in [3.05, 3.63) is 23.9 Å². The number of nitrogens with one attached hydrogen (secondary N) is 2. The fourth-order valence-electron chi connectivity index (χ4n) is 2.72. The lowest BCUT2D eigenvalue weighted by atomic mass is 9.94. The molecule has 6 nitrogen and oxygen atoms in total. The highest BCUT2D eigenvalue weighted by Crippen LogP contribution is 2.20. The summed E-state index contributed by atoms with van der Waals surface area (Å²) < 4.78 is 42.0. The van der Waals surface area contributed by atoms with Crippen LogP contribution in [0.5, 0.6) is 5.88 Å². The first-order valence-electron chi connectivity index (χ1n) is 9.51. The molecule has 0 fully saturated rings. The van der Waals surface area contributed by atoms with E-state index in [1.165, 1.54) is 6.20 Å². The Morgan fingerprint density at radius 3 is 2.62 bits per heavy atom. The molecule has 1 heterocycles. The van der Waals surface area contributed by atoms with Crippen LogP contribution in [0.1, 0.15) is 39.2 Å². The van der Waals surface area contributed by atoms with Gasteiger partial charge in [-0.1, -0.05) is 19.9 Å². The lowest BCUT2D eigenvalue weighted by Gasteiger charge is -2.20. The number of rotatable bonds is 11. The maximum absolute atomic E-state index is 12.4. The molecule has 10 heteroatoms. The largest absolute Gasteiger partial charge is 0.468 e. The topological polar surface area (TPSA) is 78.8 Å². The van der Waals surface area contributed by atoms with Crippen molar-refractivity contribution in [1.82, 2.24) is 15.6 Å². The number of aromatic nitrogens is 1. The van der Waals surface area contributed by atoms with Crippen LogP contribution in [0.15, 0.2) is 23.3 Å². The molecule has 0 saturated heterocycles. The Morgan fingerprint density at radius 1 is 1.31 bits per heavy atom. The van der Waals surface area contributed by atoms with E-state index in [1.54, 1.807) is 12.1 Å². The number of alkyl halides is 3. The van der Waals surface area contributed by atoms with Gasteiger partial charge in [-0.15, -0.1) is 24.0 Å². The second-order valence-corrected chi connectivity index (χ2v) is 6.96. The summed E-state index contributed by atoms with van der Waals surface area (Å²) in [5.74, 6) is 1.30. The highest BCUT2D eigenvalue weighted by molar-refractivity contribution is 14.0. The molecule has 0 radical (unpaired) electrons. The molecule has 3 N–H and O–H groups in total. The van der Waals surface area contributed by atoms with Gasteiger partial charge >= 0.3 is 6.18 Å². The fraction of sp³-hybridized carbons (Fsp3) is 0.684. The Bertz CT molecular complexity index is 601. The predicted octanol–water partition coefficient (Wildman–Crippen LogP) is 3.74. The van der Waals surface area contributed by atoms with Gasteiger partial charge in [0.15, 0.2) is 12.6 Å². The predicted molar refractivity (Wildman–Crippen MR) is 119 cm³/mol. The molecule has 0 aliphatic carbocycles. The molecule has 0 amide bonds. The van der Waals surface area contributed by atoms with Crippen LogP contribution in [0, 0.1) is 11.8 Å². The van der Waals surface area contributed by atoms with Crippen LogP contribution in [0.2, 0.25) is 0 Å². The average molecular weight is 532 g/mol. The van der Waals surface area contributed by atoms with Crippen molar-refractivity contribution in [3.63, 3.8) is 0 Å². The molecule has 0 spiro atoms. The van der Waals surface area contributed by atoms with Gasteiger partial charge in [-0.25, -0.2) is 9.98 Å². The third-order valence-electron chi connectivity index (χ3n) is 3.87. The number of aliphatic hydroxyl groups excluding tert-OH is 1. The zero-order valence-electron chi connectivity index (χ0n) is 17.1. The average Bonchev–Trinajstić information content (AvgIpc) is 2.62. The smallest absolute Gasteiger partial charge is 0.422 e. The summed E-state index contributed by atoms with van der Waals surface area (Å²) in [6, 6.07) is 3.27. The molecular formula is C19H32F3IN4O2. The molecule has 168 valence electrons. The molecule has 29 heavy (non-hydrogen) atoms. The van der Waals surface area contributed by atoms with Gasteiger partial charge in [0.2, 0.25) is 5.88 Å². The van der Waals surface area contributed by atoms with Crippen molar-refractivity contribution in [2.24, 2.45) is 16.8 Å². The molecule has 1 aromatic rings. The molecule has 0 aromatic carbocycles. The summed E-state index contributed by atoms with van der Waals surface area (Å²) >= 11 is 0. The number of halogens is 4. The number of guanidine groups is 1. The third kappa shape index (κ3) is 12.8. The summed E-state index contributed by atoms with van der Waals surface area (Å²) in [6.07, 6.45) is -1.37. The first-order chi connectivity index (χ1) is 13.2. The summed E-state index contributed by atoms with van der Waals surface area (Å²) in [4.78, 5) is 8.31. The molecule has 0 aliphatic heterocycles. The molecule has 0 bridgehead atoms. The monoisotopic (exact) mass is 532 g/mol. The van der Waals surface area contributed by atoms with E-state index in [1.807, 2.05) is 6.92 Å². The number of hydrogen-bond acceptors (Lipinski definition) is 4. The van der Waals surface area contributed by atoms with Crippen molar-refractivity contribution in [2.45, 2.75) is 46.3 Å². The lowest BCUT2D eigenvalue weighted by Crippen LogP contribution is -2.40. The minimum atomic E-state index is -4.42. The van der Waals surface area contributed by atoms with Crippen molar-refractivity contribution in [2.75, 3.05) is 26.3 Å². The summed E-state index contributed by atoms with van der Waals surface area (Å²) in [7, 11) is 0. The standard InChI is InChI=1S/C19H31F3N4O2.HI/c1-4-23-18(25-11-15(7-9-27)10-14(2)3)26-12-16-6-5-8-24-17(16)28-13-19(20,21)22;/h5-6,8,14-15,27H,4,7,9-13H2,1-3H3,(H2,23,25,26);1H. The summed E-state index contributed by atoms with van der Waals surface area (Å²) in [6.45, 7) is 6.35. The third-order valence-corrected chi connectivity index (χ3v) is 3.87. The van der Waals surface area contributed by atoms with Crippen molar-refractivity contribution < 1.29 is 23.0 Å². The van der Waals surface area contributed by atoms with Gasteiger partial charge < -0.3 is 20.5 Å². The second kappa shape index (κ2) is 14.6. The number of pyridine rings is 1. The van der Waals surface area contributed by atoms with Crippen molar-refractivity contribution in [3.8, 4) is 5.88 Å². The van der Waals surface area contributed by atoms with E-state index in [4.69, 9.17) is 4.74 Å². The summed E-state index contributed by atoms with van der Waals surface area (Å²) in [5, 5.41) is 15.6. The SMILES string of the molecule is CCNC(=NCc1cccnc1OCC(F)(F)F)NCC(CCO)CC(C)C.I. The van der Waals surface area contributed by atoms with Gasteiger partial charge in [-0.3, -0.25) is 0 Å². The zero-order valence-corrected chi connectivity index (χ0v) is 19.5. The second-order valence-electron chi connectivity index (χ2n) is 6.96. The van der Waals surface area contributed by atoms with E-state index in [2.05, 4.69) is 34.5 Å². The molecule has 1 rings (SSSR count). The van der Waals surface area contributed by atoms with Crippen LogP contribution in [0.3, 0.4) is 0 Å². The van der Waals surface area contributed by atoms with Gasteiger partial charge in [-0.2, -0.15) is 13.2 Å². The fourth-order valence-corrected chi connectivity index (χ4v) is 2.72. The van der Waals surface area contributed by atoms with Crippen molar-refractivity contribution >= 4 is 29.9 Å². The van der Waals surface area contributed by atoms with Crippen LogP contribution in [0.25, 0.3) is 0 Å². The Labute approximate surface area is 187 Å². The first kappa shape index (κ1) is 27.7. The van der Waals surface area contributed by atoms with Crippen LogP contribution in [0.4, 0.5) is 13.2 Å². The van der Waals surface area contributed by atoms with Crippen LogP contribution in [-0.2, 0) is 6.54 Å². The molecule has 1 atom stereocenters. The highest BCUT2D eigenvalue weighted by atomic mass is 127. The molecule has 1 unspecified atom stereocenters. The number of aliphatic hydroxyl groups is 1. The molecule has 0 saturated carbocycles. The van der Waals surface area contributed by atoms with Gasteiger partial charge in [-0.05, 0) is 37.7 Å². The maximum atomic E-state index is 12.4. The van der Waals surface area contributed by atoms with Crippen LogP contribution >= 0.6 is 24.0 Å². The van der Waals surface area contributed by atoms with Crippen molar-refractivity contribution in [1.29, 1.82) is 0 Å². The van der Waals surface area contributed by atoms with Crippen LogP contribution < -0.4 is 15.4 Å². The van der Waals surface area contributed by atoms with Crippen LogP contribution in [-0.4, -0.2) is 48.5 Å². The van der Waals surface area contributed by atoms with E-state index in [-0.39, 0.29) is 43.0 Å². The minimum Gasteiger partial charge on any atom is -0.468 e. The molecular weight excluding hydrogens is 500 g/mol. The van der Waals surface area contributed by atoms with Gasteiger partial charge in [0, 0.05) is 31.5 Å². The van der Waals surface area contributed by atoms with E-state index in [9.17, 15) is 18.3 Å². The maximum Gasteiger partial charge on any atom is 0.422 e. The van der Waals surface area contributed by atoms with E-state index >= 15 is 0 Å². The van der Waals surface area contributed by atoms with E-state index in [0.29, 0.717) is 42.9 Å². The van der Waals surface area contributed by atoms with Gasteiger partial charge in [0.25, 0.3) is 0 Å². The number of aliphatic imine (C=N–C) groups is 1. The Kier molecular flexibility index (Phi) is 14.0. The number of nitrogens with zero attached hydrogens (tertiary/aromatic N) is 2. The van der Waals surface area contributed by atoms with Gasteiger partial charge in [0.1, 0.15) is 0 Å². The zero-order chi connectivity index (χ0) is 21.0. The normalized spacial score (nSPS) is 13.0.